The molecule has 2 heterocycles. The SMILES string of the molecule is Cc1nc(CNc2ncc(Br)cc2N)no1. The van der Waals surface area contributed by atoms with E-state index in [1.165, 1.54) is 0 Å². The highest BCUT2D eigenvalue weighted by atomic mass is 79.9. The first kappa shape index (κ1) is 10.9. The van der Waals surface area contributed by atoms with Gasteiger partial charge in [-0.25, -0.2) is 4.98 Å². The Hall–Kier alpha value is -1.63. The van der Waals surface area contributed by atoms with Crippen molar-refractivity contribution >= 4 is 27.4 Å². The van der Waals surface area contributed by atoms with Gasteiger partial charge >= 0.3 is 0 Å². The normalized spacial score (nSPS) is 10.4. The summed E-state index contributed by atoms with van der Waals surface area (Å²) in [7, 11) is 0. The fourth-order valence-corrected chi connectivity index (χ4v) is 1.53. The van der Waals surface area contributed by atoms with Crippen LogP contribution in [0.2, 0.25) is 0 Å². The van der Waals surface area contributed by atoms with Crippen LogP contribution in [0.5, 0.6) is 0 Å². The van der Waals surface area contributed by atoms with Crippen LogP contribution in [0.25, 0.3) is 0 Å². The molecule has 0 atom stereocenters. The van der Waals surface area contributed by atoms with Gasteiger partial charge in [-0.1, -0.05) is 5.16 Å². The van der Waals surface area contributed by atoms with Gasteiger partial charge in [-0.3, -0.25) is 0 Å². The number of anilines is 2. The number of nitrogens with one attached hydrogen (secondary N) is 1. The molecule has 16 heavy (non-hydrogen) atoms. The second-order valence-corrected chi connectivity index (χ2v) is 4.09. The van der Waals surface area contributed by atoms with Crippen molar-refractivity contribution in [2.45, 2.75) is 13.5 Å². The van der Waals surface area contributed by atoms with E-state index < -0.39 is 0 Å². The van der Waals surface area contributed by atoms with E-state index >= 15 is 0 Å². The average Bonchev–Trinajstić information content (AvgIpc) is 2.63. The largest absolute Gasteiger partial charge is 0.396 e. The molecule has 2 rings (SSSR count). The molecule has 0 bridgehead atoms. The van der Waals surface area contributed by atoms with Crippen LogP contribution in [0.1, 0.15) is 11.7 Å². The number of pyridine rings is 1. The topological polar surface area (TPSA) is 89.9 Å². The monoisotopic (exact) mass is 283 g/mol. The number of nitrogen functional groups attached to an aromatic ring is 1. The van der Waals surface area contributed by atoms with Gasteiger partial charge in [0.05, 0.1) is 12.2 Å². The number of halogens is 1. The summed E-state index contributed by atoms with van der Waals surface area (Å²) in [4.78, 5) is 8.19. The molecule has 0 spiro atoms. The molecule has 2 aromatic rings. The number of hydrogen-bond donors (Lipinski definition) is 2. The number of nitrogens with two attached hydrogens (primary N) is 1. The van der Waals surface area contributed by atoms with Gasteiger partial charge in [-0.15, -0.1) is 0 Å². The van der Waals surface area contributed by atoms with E-state index in [4.69, 9.17) is 10.3 Å². The Kier molecular flexibility index (Phi) is 3.04. The summed E-state index contributed by atoms with van der Waals surface area (Å²) in [6.07, 6.45) is 1.67. The van der Waals surface area contributed by atoms with Crippen molar-refractivity contribution in [1.82, 2.24) is 15.1 Å². The summed E-state index contributed by atoms with van der Waals surface area (Å²) in [5.74, 6) is 1.71. The average molecular weight is 284 g/mol. The van der Waals surface area contributed by atoms with Crippen LogP contribution in [-0.4, -0.2) is 15.1 Å². The Bertz CT molecular complexity index is 498. The standard InChI is InChI=1S/C9H10BrN5O/c1-5-14-8(15-16-5)4-13-9-7(11)2-6(10)3-12-9/h2-3H,4,11H2,1H3,(H,12,13). The van der Waals surface area contributed by atoms with E-state index in [-0.39, 0.29) is 0 Å². The third-order valence-electron chi connectivity index (χ3n) is 1.87. The Morgan fingerprint density at radius 1 is 1.56 bits per heavy atom. The third-order valence-corrected chi connectivity index (χ3v) is 2.30. The summed E-state index contributed by atoms with van der Waals surface area (Å²) in [5.41, 5.74) is 6.34. The number of aromatic nitrogens is 3. The van der Waals surface area contributed by atoms with E-state index in [0.717, 1.165) is 4.47 Å². The molecule has 0 aliphatic heterocycles. The van der Waals surface area contributed by atoms with Crippen molar-refractivity contribution in [1.29, 1.82) is 0 Å². The molecule has 6 nitrogen and oxygen atoms in total. The smallest absolute Gasteiger partial charge is 0.223 e. The number of hydrogen-bond acceptors (Lipinski definition) is 6. The quantitative estimate of drug-likeness (QED) is 0.892. The van der Waals surface area contributed by atoms with Crippen LogP contribution in [0.15, 0.2) is 21.3 Å². The molecule has 0 saturated heterocycles. The third kappa shape index (κ3) is 2.48. The Labute approximate surface area is 100 Å². The lowest BCUT2D eigenvalue weighted by Gasteiger charge is -2.05. The zero-order valence-corrected chi connectivity index (χ0v) is 10.2. The van der Waals surface area contributed by atoms with Crippen LogP contribution >= 0.6 is 15.9 Å². The molecule has 0 fully saturated rings. The molecule has 84 valence electrons. The molecular formula is C9H10BrN5O. The van der Waals surface area contributed by atoms with Crippen LogP contribution in [0.4, 0.5) is 11.5 Å². The zero-order valence-electron chi connectivity index (χ0n) is 8.57. The van der Waals surface area contributed by atoms with Crippen LogP contribution in [0.3, 0.4) is 0 Å². The lowest BCUT2D eigenvalue weighted by Crippen LogP contribution is -2.05. The van der Waals surface area contributed by atoms with E-state index in [1.807, 2.05) is 0 Å². The predicted molar refractivity (Wildman–Crippen MR) is 62.7 cm³/mol. The molecule has 0 unspecified atom stereocenters. The van der Waals surface area contributed by atoms with Gasteiger partial charge < -0.3 is 15.6 Å². The molecular weight excluding hydrogens is 274 g/mol. The highest BCUT2D eigenvalue weighted by Crippen LogP contribution is 2.19. The fourth-order valence-electron chi connectivity index (χ4n) is 1.18. The Balaban J connectivity index is 2.04. The maximum atomic E-state index is 5.77. The summed E-state index contributed by atoms with van der Waals surface area (Å²) < 4.78 is 5.68. The van der Waals surface area contributed by atoms with Crippen molar-refractivity contribution in [2.75, 3.05) is 11.1 Å². The van der Waals surface area contributed by atoms with E-state index in [0.29, 0.717) is 29.8 Å². The van der Waals surface area contributed by atoms with E-state index in [9.17, 15) is 0 Å². The Morgan fingerprint density at radius 2 is 2.38 bits per heavy atom. The highest BCUT2D eigenvalue weighted by molar-refractivity contribution is 9.10. The van der Waals surface area contributed by atoms with Crippen molar-refractivity contribution in [3.63, 3.8) is 0 Å². The van der Waals surface area contributed by atoms with Crippen LogP contribution in [0, 0.1) is 6.92 Å². The van der Waals surface area contributed by atoms with Gasteiger partial charge in [-0.05, 0) is 22.0 Å². The summed E-state index contributed by atoms with van der Waals surface area (Å²) in [5, 5.41) is 6.78. The van der Waals surface area contributed by atoms with Gasteiger partial charge in [0.15, 0.2) is 5.82 Å². The summed E-state index contributed by atoms with van der Waals surface area (Å²) >= 11 is 3.29. The first-order chi connectivity index (χ1) is 7.65. The molecule has 3 N–H and O–H groups in total. The van der Waals surface area contributed by atoms with E-state index in [1.54, 1.807) is 19.2 Å². The van der Waals surface area contributed by atoms with Crippen molar-refractivity contribution < 1.29 is 4.52 Å². The zero-order chi connectivity index (χ0) is 11.5. The molecule has 0 saturated carbocycles. The van der Waals surface area contributed by atoms with Crippen molar-refractivity contribution in [3.8, 4) is 0 Å². The maximum absolute atomic E-state index is 5.77. The first-order valence-electron chi connectivity index (χ1n) is 4.59. The molecule has 0 radical (unpaired) electrons. The fraction of sp³-hybridized carbons (Fsp3) is 0.222. The highest BCUT2D eigenvalue weighted by Gasteiger charge is 2.04. The van der Waals surface area contributed by atoms with Crippen LogP contribution < -0.4 is 11.1 Å². The minimum Gasteiger partial charge on any atom is -0.396 e. The van der Waals surface area contributed by atoms with Gasteiger partial charge in [0.2, 0.25) is 5.89 Å². The second kappa shape index (κ2) is 4.48. The van der Waals surface area contributed by atoms with Gasteiger partial charge in [0.25, 0.3) is 0 Å². The number of nitrogens with zero attached hydrogens (tertiary/aromatic N) is 3. The molecule has 0 aliphatic rings. The lowest BCUT2D eigenvalue weighted by molar-refractivity contribution is 0.388. The molecule has 0 amide bonds. The molecule has 0 aromatic carbocycles. The van der Waals surface area contributed by atoms with Gasteiger partial charge in [-0.2, -0.15) is 4.98 Å². The lowest BCUT2D eigenvalue weighted by atomic mass is 10.4. The van der Waals surface area contributed by atoms with Crippen molar-refractivity contribution in [3.05, 3.63) is 28.5 Å². The Morgan fingerprint density at radius 3 is 3.00 bits per heavy atom. The van der Waals surface area contributed by atoms with E-state index in [2.05, 4.69) is 36.4 Å². The van der Waals surface area contributed by atoms with Gasteiger partial charge in [0.1, 0.15) is 5.82 Å². The maximum Gasteiger partial charge on any atom is 0.223 e. The number of aryl methyl sites for hydroxylation is 1. The first-order valence-corrected chi connectivity index (χ1v) is 5.38. The minimum absolute atomic E-state index is 0.427. The predicted octanol–water partition coefficient (Wildman–Crippen LogP) is 1.73. The summed E-state index contributed by atoms with van der Waals surface area (Å²) in [6.45, 7) is 2.17. The molecule has 0 aliphatic carbocycles. The molecule has 7 heteroatoms. The van der Waals surface area contributed by atoms with Crippen LogP contribution in [-0.2, 0) is 6.54 Å². The van der Waals surface area contributed by atoms with Gasteiger partial charge in [0, 0.05) is 17.6 Å². The van der Waals surface area contributed by atoms with Crippen molar-refractivity contribution in [2.24, 2.45) is 0 Å². The second-order valence-electron chi connectivity index (χ2n) is 3.17. The summed E-state index contributed by atoms with van der Waals surface area (Å²) in [6, 6.07) is 1.77. The minimum atomic E-state index is 0.427. The molecule has 2 aromatic heterocycles. The number of rotatable bonds is 3.